The van der Waals surface area contributed by atoms with Gasteiger partial charge in [0.2, 0.25) is 0 Å². The SMILES string of the molecule is C.CC(C)(C)CC(C)(C)C.CC(C)C(C)C(C)(C)C.CCC(C)CC(C)(C)C.CCC(C)CCC(C)(C)C.COCCOCCC(C)(C)C.COCCOCCOCCC(C)(C)C. The van der Waals surface area contributed by atoms with Crippen molar-refractivity contribution in [3.63, 3.8) is 0 Å². The second-order valence-electron chi connectivity index (χ2n) is 27.0. The van der Waals surface area contributed by atoms with Gasteiger partial charge in [-0.2, -0.15) is 0 Å². The maximum absolute atomic E-state index is 5.42. The minimum absolute atomic E-state index is 0. The number of ether oxygens (including phenoxy) is 5. The van der Waals surface area contributed by atoms with E-state index < -0.39 is 0 Å². The highest BCUT2D eigenvalue weighted by atomic mass is 16.5. The third-order valence-corrected chi connectivity index (χ3v) is 10.4. The van der Waals surface area contributed by atoms with Gasteiger partial charge in [-0.15, -0.1) is 0 Å². The lowest BCUT2D eigenvalue weighted by Crippen LogP contribution is -2.21. The highest BCUT2D eigenvalue weighted by Crippen LogP contribution is 2.32. The molecule has 0 fully saturated rings. The second kappa shape index (κ2) is 40.8. The van der Waals surface area contributed by atoms with Gasteiger partial charge in [-0.1, -0.05) is 221 Å². The van der Waals surface area contributed by atoms with Crippen molar-refractivity contribution in [1.82, 2.24) is 0 Å². The van der Waals surface area contributed by atoms with Crippen molar-refractivity contribution in [3.05, 3.63) is 0 Å². The fourth-order valence-corrected chi connectivity index (χ4v) is 6.13. The van der Waals surface area contributed by atoms with E-state index in [2.05, 4.69) is 194 Å². The summed E-state index contributed by atoms with van der Waals surface area (Å²) in [4.78, 5) is 0. The molecule has 0 N–H and O–H groups in total. The number of hydrogen-bond acceptors (Lipinski definition) is 5. The summed E-state index contributed by atoms with van der Waals surface area (Å²) in [6, 6.07) is 0. The summed E-state index contributed by atoms with van der Waals surface area (Å²) in [7, 11) is 3.36. The van der Waals surface area contributed by atoms with Crippen molar-refractivity contribution in [2.75, 3.05) is 67.1 Å². The Bertz CT molecular complexity index is 879. The van der Waals surface area contributed by atoms with Gasteiger partial charge in [0.05, 0.1) is 39.6 Å². The van der Waals surface area contributed by atoms with Gasteiger partial charge in [0.1, 0.15) is 0 Å². The average Bonchev–Trinajstić information content (AvgIpc) is 3.05. The smallest absolute Gasteiger partial charge is 0.0701 e. The lowest BCUT2D eigenvalue weighted by Gasteiger charge is -2.30. The quantitative estimate of drug-likeness (QED) is 0.121. The first-order valence-corrected chi connectivity index (χ1v) is 25.3. The minimum Gasteiger partial charge on any atom is -0.382 e. The molecule has 0 aromatic carbocycles. The van der Waals surface area contributed by atoms with Crippen LogP contribution < -0.4 is 0 Å². The first kappa shape index (κ1) is 77.0. The minimum atomic E-state index is 0. The molecule has 0 bridgehead atoms. The van der Waals surface area contributed by atoms with Crippen LogP contribution in [0.4, 0.5) is 0 Å². The van der Waals surface area contributed by atoms with Crippen molar-refractivity contribution >= 4 is 0 Å². The van der Waals surface area contributed by atoms with E-state index in [4.69, 9.17) is 23.7 Å². The van der Waals surface area contributed by atoms with Gasteiger partial charge in [-0.05, 0) is 93.7 Å². The molecule has 0 saturated carbocycles. The molecule has 5 heteroatoms. The summed E-state index contributed by atoms with van der Waals surface area (Å²) in [6.07, 6.45) is 10.2. The Morgan fingerprint density at radius 2 is 0.667 bits per heavy atom. The third kappa shape index (κ3) is 89.1. The topological polar surface area (TPSA) is 46.2 Å². The molecule has 3 unspecified atom stereocenters. The van der Waals surface area contributed by atoms with Crippen molar-refractivity contribution in [1.29, 1.82) is 0 Å². The molecule has 5 nitrogen and oxygen atoms in total. The fourth-order valence-electron chi connectivity index (χ4n) is 6.13. The Morgan fingerprint density at radius 1 is 0.365 bits per heavy atom. The van der Waals surface area contributed by atoms with Crippen LogP contribution in [0.5, 0.6) is 0 Å². The molecular weight excluding hydrogens is 777 g/mol. The molecule has 392 valence electrons. The van der Waals surface area contributed by atoms with Gasteiger partial charge in [0.15, 0.2) is 0 Å². The van der Waals surface area contributed by atoms with Crippen LogP contribution in [0.1, 0.15) is 253 Å². The van der Waals surface area contributed by atoms with E-state index in [0.29, 0.717) is 77.5 Å². The van der Waals surface area contributed by atoms with E-state index >= 15 is 0 Å². The van der Waals surface area contributed by atoms with Crippen molar-refractivity contribution < 1.29 is 23.7 Å². The first-order chi connectivity index (χ1) is 27.6. The number of hydrogen-bond donors (Lipinski definition) is 0. The maximum Gasteiger partial charge on any atom is 0.0701 e. The zero-order valence-corrected chi connectivity index (χ0v) is 49.2. The van der Waals surface area contributed by atoms with Crippen LogP contribution in [0.3, 0.4) is 0 Å². The molecule has 3 atom stereocenters. The van der Waals surface area contributed by atoms with E-state index in [9.17, 15) is 0 Å². The van der Waals surface area contributed by atoms with Crippen LogP contribution in [-0.4, -0.2) is 67.1 Å². The summed E-state index contributed by atoms with van der Waals surface area (Å²) >= 11 is 0. The largest absolute Gasteiger partial charge is 0.382 e. The van der Waals surface area contributed by atoms with Crippen LogP contribution in [0.2, 0.25) is 0 Å². The Labute approximate surface area is 403 Å². The van der Waals surface area contributed by atoms with E-state index in [-0.39, 0.29) is 7.43 Å². The first-order valence-electron chi connectivity index (χ1n) is 25.3. The van der Waals surface area contributed by atoms with E-state index in [1.165, 1.54) is 38.5 Å². The van der Waals surface area contributed by atoms with Gasteiger partial charge < -0.3 is 23.7 Å². The molecule has 0 spiro atoms. The lowest BCUT2D eigenvalue weighted by molar-refractivity contribution is 0.0194. The van der Waals surface area contributed by atoms with Crippen molar-refractivity contribution in [2.45, 2.75) is 253 Å². The molecule has 0 aliphatic carbocycles. The maximum atomic E-state index is 5.42. The molecule has 0 aromatic heterocycles. The molecular formula is C58H130O5. The average molecular weight is 908 g/mol. The summed E-state index contributed by atoms with van der Waals surface area (Å²) in [5.74, 6) is 3.44. The summed E-state index contributed by atoms with van der Waals surface area (Å²) in [5.41, 5.74) is 3.24. The Morgan fingerprint density at radius 3 is 0.841 bits per heavy atom. The molecule has 63 heavy (non-hydrogen) atoms. The molecule has 0 heterocycles. The zero-order chi connectivity index (χ0) is 50.7. The zero-order valence-electron chi connectivity index (χ0n) is 49.2. The van der Waals surface area contributed by atoms with Crippen LogP contribution in [0.25, 0.3) is 0 Å². The summed E-state index contributed by atoms with van der Waals surface area (Å²) in [5, 5.41) is 0. The van der Waals surface area contributed by atoms with Gasteiger partial charge in [-0.25, -0.2) is 0 Å². The predicted molar refractivity (Wildman–Crippen MR) is 290 cm³/mol. The van der Waals surface area contributed by atoms with E-state index in [0.717, 1.165) is 49.7 Å². The summed E-state index contributed by atoms with van der Waals surface area (Å²) < 4.78 is 25.7. The van der Waals surface area contributed by atoms with Crippen LogP contribution in [-0.2, 0) is 23.7 Å². The monoisotopic (exact) mass is 907 g/mol. The standard InChI is InChI=1S/C11H24O3.C10H22.C9H20O2.3C9H20.CH4/c1-11(2,3)5-6-13-9-10-14-8-7-12-4;1-6-9(2)7-8-10(3,4)5;1-9(2,3)5-6-11-8-7-10-4;1-8(2,3)7-9(4,5)6;1-7(2)8(3)9(4,5)6;1-6-8(2)7-9(3,4)5;/h5-10H2,1-4H3;9H,6-8H2,1-5H3;5-8H2,1-4H3;7H2,1-6H3;7-8H,1-6H3;8H,6-7H2,1-5H3;1H4. The molecule has 0 radical (unpaired) electrons. The van der Waals surface area contributed by atoms with Crippen LogP contribution >= 0.6 is 0 Å². The Balaban J connectivity index is -0.000000120. The van der Waals surface area contributed by atoms with E-state index in [1.54, 1.807) is 14.2 Å². The molecule has 0 saturated heterocycles. The Kier molecular flexibility index (Phi) is 49.9. The number of methoxy groups -OCH3 is 2. The van der Waals surface area contributed by atoms with Crippen molar-refractivity contribution in [2.24, 2.45) is 61.6 Å². The summed E-state index contributed by atoms with van der Waals surface area (Å²) in [6.45, 7) is 69.6. The van der Waals surface area contributed by atoms with Crippen molar-refractivity contribution in [3.8, 4) is 0 Å². The molecule has 0 aliphatic heterocycles. The highest BCUT2D eigenvalue weighted by Gasteiger charge is 2.22. The Hall–Kier alpha value is -0.200. The van der Waals surface area contributed by atoms with E-state index in [1.807, 2.05) is 0 Å². The predicted octanol–water partition coefficient (Wildman–Crippen LogP) is 18.9. The van der Waals surface area contributed by atoms with Crippen LogP contribution in [0.15, 0.2) is 0 Å². The normalized spacial score (nSPS) is 13.8. The van der Waals surface area contributed by atoms with Gasteiger partial charge >= 0.3 is 0 Å². The molecule has 0 rings (SSSR count). The number of rotatable bonds is 19. The molecule has 0 aliphatic rings. The second-order valence-corrected chi connectivity index (χ2v) is 27.0. The van der Waals surface area contributed by atoms with Gasteiger partial charge in [0, 0.05) is 27.4 Å². The fraction of sp³-hybridized carbons (Fsp3) is 1.00. The molecule has 0 amide bonds. The van der Waals surface area contributed by atoms with Crippen LogP contribution in [0, 0.1) is 61.6 Å². The molecule has 0 aromatic rings. The third-order valence-electron chi connectivity index (χ3n) is 10.4. The van der Waals surface area contributed by atoms with Gasteiger partial charge in [0.25, 0.3) is 0 Å². The van der Waals surface area contributed by atoms with Gasteiger partial charge in [-0.3, -0.25) is 0 Å². The highest BCUT2D eigenvalue weighted by molar-refractivity contribution is 4.72. The lowest BCUT2D eigenvalue weighted by atomic mass is 9.76.